The molecule has 0 saturated carbocycles. The molecule has 1 aromatic carbocycles. The lowest BCUT2D eigenvalue weighted by Gasteiger charge is -2.33. The number of hydrogen-bond donors (Lipinski definition) is 1. The van der Waals surface area contributed by atoms with Crippen LogP contribution in [0.15, 0.2) is 18.2 Å². The Kier molecular flexibility index (Phi) is 6.51. The molecule has 3 aliphatic heterocycles. The molecule has 3 aliphatic rings. The second-order valence-corrected chi connectivity index (χ2v) is 8.33. The van der Waals surface area contributed by atoms with Crippen molar-refractivity contribution in [1.82, 2.24) is 14.7 Å². The van der Waals surface area contributed by atoms with Crippen LogP contribution in [0.25, 0.3) is 0 Å². The lowest BCUT2D eigenvalue weighted by molar-refractivity contribution is -0.129. The molecule has 1 saturated heterocycles. The highest BCUT2D eigenvalue weighted by molar-refractivity contribution is 5.80. The third-order valence-corrected chi connectivity index (χ3v) is 6.40. The minimum Gasteiger partial charge on any atom is -0.382 e. The first-order chi connectivity index (χ1) is 15.1. The number of aromatic nitrogens is 2. The van der Waals surface area contributed by atoms with Crippen LogP contribution >= 0.6 is 0 Å². The second kappa shape index (κ2) is 9.30. The van der Waals surface area contributed by atoms with Gasteiger partial charge in [-0.05, 0) is 37.5 Å². The van der Waals surface area contributed by atoms with E-state index in [1.165, 1.54) is 22.5 Å². The molecule has 7 heteroatoms. The van der Waals surface area contributed by atoms with Crippen molar-refractivity contribution in [1.29, 1.82) is 0 Å². The molecule has 0 atom stereocenters. The quantitative estimate of drug-likeness (QED) is 0.787. The predicted molar refractivity (Wildman–Crippen MR) is 124 cm³/mol. The molecule has 5 rings (SSSR count). The third kappa shape index (κ3) is 4.15. The zero-order chi connectivity index (χ0) is 22.0. The Labute approximate surface area is 185 Å². The number of nitrogens with one attached hydrogen (secondary N) is 1. The van der Waals surface area contributed by atoms with Gasteiger partial charge in [0.25, 0.3) is 0 Å². The van der Waals surface area contributed by atoms with Crippen molar-refractivity contribution < 1.29 is 9.53 Å². The summed E-state index contributed by atoms with van der Waals surface area (Å²) in [6, 6.07) is 6.92. The Balaban J connectivity index is 0.00000112. The summed E-state index contributed by atoms with van der Waals surface area (Å²) >= 11 is 0. The lowest BCUT2D eigenvalue weighted by atomic mass is 10.0. The minimum atomic E-state index is 0.136. The van der Waals surface area contributed by atoms with Gasteiger partial charge in [0.15, 0.2) is 5.82 Å². The molecule has 168 valence electrons. The van der Waals surface area contributed by atoms with Crippen LogP contribution in [0.4, 0.5) is 17.2 Å². The molecular formula is C24H35N5O2. The highest BCUT2D eigenvalue weighted by Gasteiger charge is 2.33. The maximum Gasteiger partial charge on any atom is 0.219 e. The summed E-state index contributed by atoms with van der Waals surface area (Å²) in [6.07, 6.45) is 2.87. The Morgan fingerprint density at radius 1 is 1.19 bits per heavy atom. The van der Waals surface area contributed by atoms with Crippen LogP contribution < -0.4 is 10.2 Å². The van der Waals surface area contributed by atoms with Crippen LogP contribution in [0.1, 0.15) is 56.5 Å². The van der Waals surface area contributed by atoms with Gasteiger partial charge in [-0.2, -0.15) is 5.10 Å². The molecule has 0 bridgehead atoms. The van der Waals surface area contributed by atoms with Gasteiger partial charge < -0.3 is 19.9 Å². The molecule has 1 amide bonds. The van der Waals surface area contributed by atoms with Crippen molar-refractivity contribution in [3.05, 3.63) is 35.0 Å². The topological polar surface area (TPSA) is 62.6 Å². The Hall–Kier alpha value is -2.54. The number of anilines is 3. The fourth-order valence-electron chi connectivity index (χ4n) is 4.82. The van der Waals surface area contributed by atoms with Gasteiger partial charge in [0.2, 0.25) is 5.91 Å². The van der Waals surface area contributed by atoms with Crippen LogP contribution in [-0.2, 0) is 22.5 Å². The number of aryl methyl sites for hydroxylation is 1. The fourth-order valence-corrected chi connectivity index (χ4v) is 4.82. The number of rotatable bonds is 2. The molecule has 31 heavy (non-hydrogen) atoms. The molecule has 1 aromatic heterocycles. The molecule has 1 fully saturated rings. The number of fused-ring (bicyclic) bond motifs is 2. The van der Waals surface area contributed by atoms with Crippen molar-refractivity contribution in [2.24, 2.45) is 0 Å². The summed E-state index contributed by atoms with van der Waals surface area (Å²) in [5, 5.41) is 8.70. The standard InChI is InChI=1S/C22H29N5O2.C2H6/c1-15-3-4-21-19(13-15)23-8-10-26(21)22-18-14-25(16(2)28)9-5-20(18)27(24-22)17-6-11-29-12-7-17;1-2/h3-4,13,17,23H,5-12,14H2,1-2H3;1-2H3. The number of carbonyl (C=O) groups is 1. The number of amides is 1. The van der Waals surface area contributed by atoms with E-state index in [4.69, 9.17) is 9.84 Å². The van der Waals surface area contributed by atoms with E-state index in [1.807, 2.05) is 18.7 Å². The van der Waals surface area contributed by atoms with Crippen LogP contribution in [0.5, 0.6) is 0 Å². The van der Waals surface area contributed by atoms with Gasteiger partial charge in [-0.15, -0.1) is 0 Å². The molecule has 7 nitrogen and oxygen atoms in total. The van der Waals surface area contributed by atoms with Gasteiger partial charge >= 0.3 is 0 Å². The predicted octanol–water partition coefficient (Wildman–Crippen LogP) is 4.04. The van der Waals surface area contributed by atoms with Crippen LogP contribution in [0, 0.1) is 6.92 Å². The van der Waals surface area contributed by atoms with E-state index in [0.717, 1.165) is 63.6 Å². The molecule has 4 heterocycles. The SMILES string of the molecule is CC.CC(=O)N1CCc2c(c(N3CCNc4cc(C)ccc43)nn2C2CCOCC2)C1. The van der Waals surface area contributed by atoms with Crippen LogP contribution in [0.2, 0.25) is 0 Å². The van der Waals surface area contributed by atoms with Gasteiger partial charge in [0.05, 0.1) is 24.0 Å². The average Bonchev–Trinajstić information content (AvgIpc) is 3.19. The molecule has 1 N–H and O–H groups in total. The summed E-state index contributed by atoms with van der Waals surface area (Å²) < 4.78 is 7.85. The van der Waals surface area contributed by atoms with E-state index >= 15 is 0 Å². The van der Waals surface area contributed by atoms with Crippen molar-refractivity contribution in [2.45, 2.75) is 59.5 Å². The summed E-state index contributed by atoms with van der Waals surface area (Å²) in [5.74, 6) is 1.15. The highest BCUT2D eigenvalue weighted by Crippen LogP contribution is 2.40. The maximum absolute atomic E-state index is 12.1. The molecular weight excluding hydrogens is 390 g/mol. The summed E-state index contributed by atoms with van der Waals surface area (Å²) in [4.78, 5) is 16.4. The van der Waals surface area contributed by atoms with Gasteiger partial charge in [0, 0.05) is 57.4 Å². The molecule has 0 radical (unpaired) electrons. The van der Waals surface area contributed by atoms with Crippen molar-refractivity contribution in [3.8, 4) is 0 Å². The molecule has 0 spiro atoms. The largest absolute Gasteiger partial charge is 0.382 e. The van der Waals surface area contributed by atoms with Crippen molar-refractivity contribution >= 4 is 23.1 Å². The Bertz CT molecular complexity index is 932. The normalized spacial score (nSPS) is 18.5. The highest BCUT2D eigenvalue weighted by atomic mass is 16.5. The second-order valence-electron chi connectivity index (χ2n) is 8.33. The molecule has 2 aromatic rings. The number of ether oxygens (including phenoxy) is 1. The molecule has 0 unspecified atom stereocenters. The monoisotopic (exact) mass is 425 g/mol. The minimum absolute atomic E-state index is 0.136. The van der Waals surface area contributed by atoms with Gasteiger partial charge in [-0.3, -0.25) is 9.48 Å². The number of carbonyl (C=O) groups excluding carboxylic acids is 1. The number of benzene rings is 1. The van der Waals surface area contributed by atoms with Crippen LogP contribution in [-0.4, -0.2) is 53.4 Å². The summed E-state index contributed by atoms with van der Waals surface area (Å²) in [6.45, 7) is 12.5. The van der Waals surface area contributed by atoms with Crippen LogP contribution in [0.3, 0.4) is 0 Å². The first kappa shape index (κ1) is 21.7. The van der Waals surface area contributed by atoms with Gasteiger partial charge in [-0.1, -0.05) is 19.9 Å². The summed E-state index contributed by atoms with van der Waals surface area (Å²) in [7, 11) is 0. The van der Waals surface area contributed by atoms with Crippen molar-refractivity contribution in [3.63, 3.8) is 0 Å². The third-order valence-electron chi connectivity index (χ3n) is 6.40. The number of nitrogens with zero attached hydrogens (tertiary/aromatic N) is 4. The van der Waals surface area contributed by atoms with Gasteiger partial charge in [0.1, 0.15) is 0 Å². The van der Waals surface area contributed by atoms with Gasteiger partial charge in [-0.25, -0.2) is 0 Å². The van der Waals surface area contributed by atoms with E-state index in [9.17, 15) is 4.79 Å². The maximum atomic E-state index is 12.1. The Morgan fingerprint density at radius 3 is 2.71 bits per heavy atom. The zero-order valence-corrected chi connectivity index (χ0v) is 19.3. The average molecular weight is 426 g/mol. The zero-order valence-electron chi connectivity index (χ0n) is 19.3. The number of hydrogen-bond acceptors (Lipinski definition) is 5. The fraction of sp³-hybridized carbons (Fsp3) is 0.583. The van der Waals surface area contributed by atoms with Crippen molar-refractivity contribution in [2.75, 3.05) is 43.1 Å². The smallest absolute Gasteiger partial charge is 0.219 e. The van der Waals surface area contributed by atoms with E-state index in [1.54, 1.807) is 6.92 Å². The lowest BCUT2D eigenvalue weighted by Crippen LogP contribution is -2.36. The molecule has 0 aliphatic carbocycles. The van der Waals surface area contributed by atoms with E-state index in [-0.39, 0.29) is 5.91 Å². The first-order valence-electron chi connectivity index (χ1n) is 11.7. The first-order valence-corrected chi connectivity index (χ1v) is 11.7. The van der Waals surface area contributed by atoms with E-state index in [0.29, 0.717) is 12.6 Å². The Morgan fingerprint density at radius 2 is 1.97 bits per heavy atom. The van der Waals surface area contributed by atoms with E-state index < -0.39 is 0 Å². The van der Waals surface area contributed by atoms with E-state index in [2.05, 4.69) is 40.0 Å². The summed E-state index contributed by atoms with van der Waals surface area (Å²) in [5.41, 5.74) is 6.09.